The SMILES string of the molecule is CCC(F)(F)C(=O)N1CCC(c2cc(Cc3ccccc3)[nH]n2)CC1. The number of alkyl halides is 2. The van der Waals surface area contributed by atoms with Crippen molar-refractivity contribution in [2.75, 3.05) is 13.1 Å². The normalized spacial score (nSPS) is 16.2. The van der Waals surface area contributed by atoms with Gasteiger partial charge in [0.2, 0.25) is 0 Å². The van der Waals surface area contributed by atoms with E-state index in [4.69, 9.17) is 0 Å². The average molecular weight is 347 g/mol. The zero-order valence-corrected chi connectivity index (χ0v) is 14.3. The molecule has 2 heterocycles. The van der Waals surface area contributed by atoms with Crippen molar-refractivity contribution >= 4 is 5.91 Å². The molecule has 0 saturated carbocycles. The van der Waals surface area contributed by atoms with Gasteiger partial charge in [-0.05, 0) is 24.5 Å². The van der Waals surface area contributed by atoms with Crippen molar-refractivity contribution in [2.45, 2.75) is 44.4 Å². The number of nitrogens with zero attached hydrogens (tertiary/aromatic N) is 2. The summed E-state index contributed by atoms with van der Waals surface area (Å²) >= 11 is 0. The summed E-state index contributed by atoms with van der Waals surface area (Å²) in [6, 6.07) is 12.2. The van der Waals surface area contributed by atoms with E-state index in [0.29, 0.717) is 25.9 Å². The highest BCUT2D eigenvalue weighted by molar-refractivity contribution is 5.83. The molecule has 2 aromatic rings. The number of aromatic amines is 1. The van der Waals surface area contributed by atoms with Crippen molar-refractivity contribution in [3.8, 4) is 0 Å². The van der Waals surface area contributed by atoms with Gasteiger partial charge < -0.3 is 4.90 Å². The molecule has 0 spiro atoms. The van der Waals surface area contributed by atoms with E-state index in [9.17, 15) is 13.6 Å². The van der Waals surface area contributed by atoms with Crippen LogP contribution in [0.15, 0.2) is 36.4 Å². The van der Waals surface area contributed by atoms with Crippen LogP contribution in [0.4, 0.5) is 8.78 Å². The molecule has 1 aliphatic rings. The van der Waals surface area contributed by atoms with Gasteiger partial charge in [-0.15, -0.1) is 0 Å². The van der Waals surface area contributed by atoms with Crippen LogP contribution in [0.2, 0.25) is 0 Å². The second-order valence-electron chi connectivity index (χ2n) is 6.60. The third-order valence-electron chi connectivity index (χ3n) is 4.85. The van der Waals surface area contributed by atoms with E-state index in [2.05, 4.69) is 28.4 Å². The Morgan fingerprint density at radius 2 is 1.96 bits per heavy atom. The van der Waals surface area contributed by atoms with Crippen molar-refractivity contribution in [1.82, 2.24) is 15.1 Å². The molecule has 1 saturated heterocycles. The van der Waals surface area contributed by atoms with Crippen molar-refractivity contribution < 1.29 is 13.6 Å². The van der Waals surface area contributed by atoms with Gasteiger partial charge in [0.05, 0.1) is 5.69 Å². The fraction of sp³-hybridized carbons (Fsp3) is 0.474. The fourth-order valence-electron chi connectivity index (χ4n) is 3.26. The molecule has 0 bridgehead atoms. The molecule has 1 amide bonds. The summed E-state index contributed by atoms with van der Waals surface area (Å²) in [6.07, 6.45) is 1.67. The molecule has 134 valence electrons. The number of amides is 1. The molecule has 6 heteroatoms. The lowest BCUT2D eigenvalue weighted by Gasteiger charge is -2.33. The van der Waals surface area contributed by atoms with E-state index < -0.39 is 18.3 Å². The third-order valence-corrected chi connectivity index (χ3v) is 4.85. The van der Waals surface area contributed by atoms with E-state index in [1.165, 1.54) is 17.4 Å². The van der Waals surface area contributed by atoms with E-state index in [1.54, 1.807) is 0 Å². The van der Waals surface area contributed by atoms with E-state index in [1.807, 2.05) is 18.2 Å². The fourth-order valence-corrected chi connectivity index (χ4v) is 3.26. The van der Waals surface area contributed by atoms with Crippen LogP contribution in [-0.4, -0.2) is 40.0 Å². The first-order valence-electron chi connectivity index (χ1n) is 8.75. The van der Waals surface area contributed by atoms with Crippen LogP contribution >= 0.6 is 0 Å². The minimum atomic E-state index is -3.25. The Morgan fingerprint density at radius 1 is 1.28 bits per heavy atom. The van der Waals surface area contributed by atoms with Gasteiger partial charge in [0.25, 0.3) is 5.91 Å². The van der Waals surface area contributed by atoms with Gasteiger partial charge in [0.1, 0.15) is 0 Å². The Balaban J connectivity index is 1.58. The predicted molar refractivity (Wildman–Crippen MR) is 91.6 cm³/mol. The van der Waals surface area contributed by atoms with Gasteiger partial charge in [-0.3, -0.25) is 9.89 Å². The van der Waals surface area contributed by atoms with Gasteiger partial charge >= 0.3 is 5.92 Å². The molecular weight excluding hydrogens is 324 g/mol. The molecule has 1 aromatic carbocycles. The van der Waals surface area contributed by atoms with Crippen molar-refractivity contribution in [1.29, 1.82) is 0 Å². The predicted octanol–water partition coefficient (Wildman–Crippen LogP) is 3.75. The Kier molecular flexibility index (Phi) is 5.16. The molecule has 0 radical (unpaired) electrons. The van der Waals surface area contributed by atoms with Crippen LogP contribution < -0.4 is 0 Å². The molecule has 25 heavy (non-hydrogen) atoms. The van der Waals surface area contributed by atoms with Crippen LogP contribution in [0, 0.1) is 0 Å². The number of likely N-dealkylation sites (tertiary alicyclic amines) is 1. The Labute approximate surface area is 146 Å². The molecule has 0 unspecified atom stereocenters. The summed E-state index contributed by atoms with van der Waals surface area (Å²) in [5, 5.41) is 7.46. The highest BCUT2D eigenvalue weighted by atomic mass is 19.3. The standard InChI is InChI=1S/C19H23F2N3O/c1-2-19(20,21)18(25)24-10-8-15(9-11-24)17-13-16(22-23-17)12-14-6-4-3-5-7-14/h3-7,13,15H,2,8-12H2,1H3,(H,22,23). The zero-order chi connectivity index (χ0) is 17.9. The number of piperidine rings is 1. The molecule has 4 nitrogen and oxygen atoms in total. The van der Waals surface area contributed by atoms with Gasteiger partial charge in [-0.2, -0.15) is 13.9 Å². The van der Waals surface area contributed by atoms with Crippen LogP contribution in [0.3, 0.4) is 0 Å². The lowest BCUT2D eigenvalue weighted by molar-refractivity contribution is -0.158. The molecule has 3 rings (SSSR count). The molecule has 1 aliphatic heterocycles. The minimum Gasteiger partial charge on any atom is -0.337 e. The maximum absolute atomic E-state index is 13.6. The van der Waals surface area contributed by atoms with Crippen LogP contribution in [0.5, 0.6) is 0 Å². The van der Waals surface area contributed by atoms with E-state index in [-0.39, 0.29) is 5.92 Å². The number of nitrogens with one attached hydrogen (secondary N) is 1. The summed E-state index contributed by atoms with van der Waals surface area (Å²) < 4.78 is 27.1. The molecule has 0 aliphatic carbocycles. The Bertz CT molecular complexity index is 706. The number of carbonyl (C=O) groups is 1. The van der Waals surface area contributed by atoms with Crippen LogP contribution in [-0.2, 0) is 11.2 Å². The van der Waals surface area contributed by atoms with Crippen molar-refractivity contribution in [3.63, 3.8) is 0 Å². The highest BCUT2D eigenvalue weighted by Crippen LogP contribution is 2.30. The number of carbonyl (C=O) groups excluding carboxylic acids is 1. The average Bonchev–Trinajstić information content (AvgIpc) is 3.10. The summed E-state index contributed by atoms with van der Waals surface area (Å²) in [7, 11) is 0. The Morgan fingerprint density at radius 3 is 2.60 bits per heavy atom. The lowest BCUT2D eigenvalue weighted by Crippen LogP contribution is -2.46. The first kappa shape index (κ1) is 17.6. The van der Waals surface area contributed by atoms with Crippen LogP contribution in [0.25, 0.3) is 0 Å². The summed E-state index contributed by atoms with van der Waals surface area (Å²) in [5.41, 5.74) is 3.21. The van der Waals surface area contributed by atoms with Crippen molar-refractivity contribution in [2.24, 2.45) is 0 Å². The topological polar surface area (TPSA) is 49.0 Å². The molecule has 1 fully saturated rings. The quantitative estimate of drug-likeness (QED) is 0.895. The number of halogens is 2. The lowest BCUT2D eigenvalue weighted by atomic mass is 9.92. The van der Waals surface area contributed by atoms with Crippen LogP contribution in [0.1, 0.15) is 49.1 Å². The van der Waals surface area contributed by atoms with Gasteiger partial charge in [0, 0.05) is 37.5 Å². The molecule has 0 atom stereocenters. The minimum absolute atomic E-state index is 0.208. The zero-order valence-electron chi connectivity index (χ0n) is 14.3. The number of rotatable bonds is 5. The first-order valence-corrected chi connectivity index (χ1v) is 8.75. The summed E-state index contributed by atoms with van der Waals surface area (Å²) in [4.78, 5) is 13.1. The summed E-state index contributed by atoms with van der Waals surface area (Å²) in [5.74, 6) is -4.08. The second-order valence-corrected chi connectivity index (χ2v) is 6.60. The number of aromatic nitrogens is 2. The largest absolute Gasteiger partial charge is 0.337 e. The van der Waals surface area contributed by atoms with Gasteiger partial charge in [0.15, 0.2) is 0 Å². The number of H-pyrrole nitrogens is 1. The highest BCUT2D eigenvalue weighted by Gasteiger charge is 2.41. The van der Waals surface area contributed by atoms with Gasteiger partial charge in [-0.1, -0.05) is 37.3 Å². The maximum atomic E-state index is 13.6. The molecule has 1 N–H and O–H groups in total. The summed E-state index contributed by atoms with van der Waals surface area (Å²) in [6.45, 7) is 2.06. The third kappa shape index (κ3) is 4.06. The number of benzene rings is 1. The first-order chi connectivity index (χ1) is 12.0. The maximum Gasteiger partial charge on any atom is 0.324 e. The van der Waals surface area contributed by atoms with Gasteiger partial charge in [-0.25, -0.2) is 0 Å². The van der Waals surface area contributed by atoms with E-state index >= 15 is 0 Å². The molecular formula is C19H23F2N3O. The Hall–Kier alpha value is -2.24. The smallest absolute Gasteiger partial charge is 0.324 e. The molecule has 1 aromatic heterocycles. The second kappa shape index (κ2) is 7.33. The monoisotopic (exact) mass is 347 g/mol. The van der Waals surface area contributed by atoms with E-state index in [0.717, 1.165) is 17.8 Å². The van der Waals surface area contributed by atoms with Crippen molar-refractivity contribution in [3.05, 3.63) is 53.3 Å². The number of hydrogen-bond donors (Lipinski definition) is 1. The number of hydrogen-bond acceptors (Lipinski definition) is 2.